The second-order valence-corrected chi connectivity index (χ2v) is 6.65. The maximum Gasteiger partial charge on any atom is 0.523 e. The van der Waals surface area contributed by atoms with E-state index in [4.69, 9.17) is 0 Å². The highest BCUT2D eigenvalue weighted by Crippen LogP contribution is 2.68. The van der Waals surface area contributed by atoms with E-state index in [9.17, 15) is 21.6 Å². The number of hydrogen-bond donors (Lipinski definition) is 0. The molecule has 3 saturated carbocycles. The SMILES string of the molecule is O=S(=O)(OC12CC3CC1CC2C3)C(F)(F)F. The van der Waals surface area contributed by atoms with Gasteiger partial charge in [-0.1, -0.05) is 0 Å². The number of fused-ring (bicyclic) bond motifs is 1. The maximum atomic E-state index is 12.2. The van der Waals surface area contributed by atoms with Crippen molar-refractivity contribution in [2.24, 2.45) is 17.8 Å². The lowest BCUT2D eigenvalue weighted by molar-refractivity contribution is -0.123. The quantitative estimate of drug-likeness (QED) is 0.561. The van der Waals surface area contributed by atoms with Gasteiger partial charge in [0.1, 0.15) is 0 Å². The Morgan fingerprint density at radius 2 is 1.69 bits per heavy atom. The molecule has 0 aromatic rings. The maximum absolute atomic E-state index is 12.2. The first-order valence-corrected chi connectivity index (χ1v) is 6.67. The zero-order valence-electron chi connectivity index (χ0n) is 8.33. The lowest BCUT2D eigenvalue weighted by Crippen LogP contribution is -2.55. The van der Waals surface area contributed by atoms with Crippen LogP contribution >= 0.6 is 0 Å². The van der Waals surface area contributed by atoms with E-state index in [1.165, 1.54) is 0 Å². The van der Waals surface area contributed by atoms with Gasteiger partial charge in [-0.25, -0.2) is 0 Å². The Morgan fingerprint density at radius 3 is 2.06 bits per heavy atom. The first-order chi connectivity index (χ1) is 7.25. The fourth-order valence-electron chi connectivity index (χ4n) is 3.78. The number of alkyl halides is 3. The molecule has 3 fully saturated rings. The molecule has 16 heavy (non-hydrogen) atoms. The highest BCUT2D eigenvalue weighted by atomic mass is 32.2. The van der Waals surface area contributed by atoms with E-state index < -0.39 is 21.2 Å². The summed E-state index contributed by atoms with van der Waals surface area (Å²) in [6, 6.07) is 0. The van der Waals surface area contributed by atoms with E-state index in [0.29, 0.717) is 12.3 Å². The smallest absolute Gasteiger partial charge is 0.256 e. The summed E-state index contributed by atoms with van der Waals surface area (Å²) in [5.74, 6) is 0.411. The van der Waals surface area contributed by atoms with Gasteiger partial charge in [0.2, 0.25) is 0 Å². The van der Waals surface area contributed by atoms with Crippen LogP contribution in [0.25, 0.3) is 0 Å². The van der Waals surface area contributed by atoms with E-state index in [2.05, 4.69) is 4.18 Å². The molecule has 2 atom stereocenters. The first kappa shape index (κ1) is 10.8. The molecule has 0 radical (unpaired) electrons. The molecule has 3 rings (SSSR count). The van der Waals surface area contributed by atoms with Gasteiger partial charge in [-0.3, -0.25) is 4.18 Å². The van der Waals surface area contributed by atoms with Gasteiger partial charge in [0.15, 0.2) is 0 Å². The van der Waals surface area contributed by atoms with Crippen molar-refractivity contribution < 1.29 is 25.8 Å². The van der Waals surface area contributed by atoms with Crippen LogP contribution < -0.4 is 0 Å². The van der Waals surface area contributed by atoms with E-state index in [1.807, 2.05) is 0 Å². The molecule has 2 bridgehead atoms. The standard InChI is InChI=1S/C9H11F3O3S/c10-9(11,12)16(13,14)15-8-4-5-1-6(8)3-7(8)2-5/h5-7H,1-4H2. The van der Waals surface area contributed by atoms with Crippen LogP contribution in [0.4, 0.5) is 13.2 Å². The zero-order chi connectivity index (χ0) is 11.8. The van der Waals surface area contributed by atoms with Gasteiger partial charge in [-0.2, -0.15) is 21.6 Å². The van der Waals surface area contributed by atoms with Crippen LogP contribution in [-0.2, 0) is 14.3 Å². The highest BCUT2D eigenvalue weighted by molar-refractivity contribution is 7.87. The van der Waals surface area contributed by atoms with Crippen molar-refractivity contribution in [2.75, 3.05) is 0 Å². The van der Waals surface area contributed by atoms with Crippen LogP contribution in [0, 0.1) is 17.8 Å². The molecular weight excluding hydrogens is 245 g/mol. The molecule has 0 heterocycles. The van der Waals surface area contributed by atoms with Crippen molar-refractivity contribution in [3.8, 4) is 0 Å². The zero-order valence-corrected chi connectivity index (χ0v) is 9.14. The third kappa shape index (κ3) is 1.16. The molecule has 92 valence electrons. The minimum absolute atomic E-state index is 0.0216. The fourth-order valence-corrected chi connectivity index (χ4v) is 4.62. The Balaban J connectivity index is 1.87. The summed E-state index contributed by atoms with van der Waals surface area (Å²) in [5, 5.41) is 0. The van der Waals surface area contributed by atoms with Crippen LogP contribution in [0.15, 0.2) is 0 Å². The molecule has 0 spiro atoms. The highest BCUT2D eigenvalue weighted by Gasteiger charge is 2.69. The Bertz CT molecular complexity index is 416. The molecule has 0 aromatic heterocycles. The van der Waals surface area contributed by atoms with E-state index in [-0.39, 0.29) is 11.8 Å². The van der Waals surface area contributed by atoms with Crippen LogP contribution in [-0.4, -0.2) is 19.5 Å². The minimum atomic E-state index is -5.43. The third-order valence-electron chi connectivity index (χ3n) is 4.34. The average Bonchev–Trinajstić information content (AvgIpc) is 2.51. The molecule has 0 saturated heterocycles. The third-order valence-corrected chi connectivity index (χ3v) is 5.44. The van der Waals surface area contributed by atoms with Crippen LogP contribution in [0.1, 0.15) is 25.7 Å². The Kier molecular flexibility index (Phi) is 1.86. The number of hydrogen-bond acceptors (Lipinski definition) is 3. The number of rotatable bonds is 2. The monoisotopic (exact) mass is 256 g/mol. The summed E-state index contributed by atoms with van der Waals surface area (Å²) in [7, 11) is -5.43. The van der Waals surface area contributed by atoms with Crippen molar-refractivity contribution >= 4 is 10.1 Å². The van der Waals surface area contributed by atoms with Crippen molar-refractivity contribution in [1.82, 2.24) is 0 Å². The fraction of sp³-hybridized carbons (Fsp3) is 1.00. The summed E-state index contributed by atoms with van der Waals surface area (Å²) in [5.41, 5.74) is -6.30. The topological polar surface area (TPSA) is 43.4 Å². The first-order valence-electron chi connectivity index (χ1n) is 5.26. The molecule has 0 aromatic carbocycles. The molecular formula is C9H11F3O3S. The van der Waals surface area contributed by atoms with E-state index in [1.54, 1.807) is 0 Å². The second kappa shape index (κ2) is 2.75. The normalized spacial score (nSPS) is 45.8. The molecule has 3 nitrogen and oxygen atoms in total. The predicted octanol–water partition coefficient (Wildman–Crippen LogP) is 2.04. The van der Waals surface area contributed by atoms with Gasteiger partial charge in [0, 0.05) is 0 Å². The van der Waals surface area contributed by atoms with Gasteiger partial charge in [0.25, 0.3) is 0 Å². The van der Waals surface area contributed by atoms with Gasteiger partial charge in [0.05, 0.1) is 5.60 Å². The van der Waals surface area contributed by atoms with Crippen molar-refractivity contribution in [2.45, 2.75) is 36.8 Å². The summed E-state index contributed by atoms with van der Waals surface area (Å²) in [4.78, 5) is 0. The summed E-state index contributed by atoms with van der Waals surface area (Å²) >= 11 is 0. The van der Waals surface area contributed by atoms with Crippen molar-refractivity contribution in [3.05, 3.63) is 0 Å². The Labute approximate surface area is 91.1 Å². The predicted molar refractivity (Wildman–Crippen MR) is 47.7 cm³/mol. The second-order valence-electron chi connectivity index (χ2n) is 5.11. The van der Waals surface area contributed by atoms with Crippen molar-refractivity contribution in [1.29, 1.82) is 0 Å². The summed E-state index contributed by atoms with van der Waals surface area (Å²) in [6.45, 7) is 0. The lowest BCUT2D eigenvalue weighted by atomic mass is 9.61. The number of halogens is 3. The van der Waals surface area contributed by atoms with Crippen LogP contribution in [0.3, 0.4) is 0 Å². The van der Waals surface area contributed by atoms with Crippen LogP contribution in [0.5, 0.6) is 0 Å². The lowest BCUT2D eigenvalue weighted by Gasteiger charge is -2.51. The minimum Gasteiger partial charge on any atom is -0.256 e. The molecule has 7 heteroatoms. The van der Waals surface area contributed by atoms with Gasteiger partial charge < -0.3 is 0 Å². The molecule has 0 N–H and O–H groups in total. The van der Waals surface area contributed by atoms with Gasteiger partial charge >= 0.3 is 15.6 Å². The Morgan fingerprint density at radius 1 is 1.12 bits per heavy atom. The average molecular weight is 256 g/mol. The van der Waals surface area contributed by atoms with Gasteiger partial charge in [-0.05, 0) is 43.4 Å². The van der Waals surface area contributed by atoms with E-state index in [0.717, 1.165) is 19.3 Å². The molecule has 2 unspecified atom stereocenters. The van der Waals surface area contributed by atoms with E-state index >= 15 is 0 Å². The van der Waals surface area contributed by atoms with Gasteiger partial charge in [-0.15, -0.1) is 0 Å². The molecule has 3 aliphatic rings. The summed E-state index contributed by atoms with van der Waals surface area (Å²) < 4.78 is 63.3. The summed E-state index contributed by atoms with van der Waals surface area (Å²) in [6.07, 6.45) is 2.95. The molecule has 3 aliphatic carbocycles. The van der Waals surface area contributed by atoms with Crippen LogP contribution in [0.2, 0.25) is 0 Å². The largest absolute Gasteiger partial charge is 0.523 e. The molecule has 0 aliphatic heterocycles. The van der Waals surface area contributed by atoms with Crippen molar-refractivity contribution in [3.63, 3.8) is 0 Å². The Hall–Kier alpha value is -0.300. The molecule has 0 amide bonds.